The molecule has 0 amide bonds. The summed E-state index contributed by atoms with van der Waals surface area (Å²) >= 11 is 4.09. The normalized spacial score (nSPS) is 13.0. The summed E-state index contributed by atoms with van der Waals surface area (Å²) in [5.74, 6) is 0.817. The van der Waals surface area contributed by atoms with Crippen molar-refractivity contribution in [3.63, 3.8) is 0 Å². The first-order chi connectivity index (χ1) is 7.31. The highest BCUT2D eigenvalue weighted by Crippen LogP contribution is 2.14. The van der Waals surface area contributed by atoms with Crippen molar-refractivity contribution in [2.24, 2.45) is 0 Å². The van der Waals surface area contributed by atoms with Crippen molar-refractivity contribution < 1.29 is 4.39 Å². The van der Waals surface area contributed by atoms with Crippen molar-refractivity contribution in [2.45, 2.75) is 77.3 Å². The van der Waals surface area contributed by atoms with Crippen LogP contribution in [0.15, 0.2) is 0 Å². The predicted molar refractivity (Wildman–Crippen MR) is 70.6 cm³/mol. The zero-order valence-electron chi connectivity index (χ0n) is 10.2. The van der Waals surface area contributed by atoms with Gasteiger partial charge in [-0.3, -0.25) is 0 Å². The predicted octanol–water partition coefficient (Wildman–Crippen LogP) is 5.18. The molecule has 2 heteroatoms. The van der Waals surface area contributed by atoms with Gasteiger partial charge in [0.2, 0.25) is 0 Å². The van der Waals surface area contributed by atoms with E-state index in [0.29, 0.717) is 6.42 Å². The van der Waals surface area contributed by atoms with E-state index in [1.54, 1.807) is 0 Å². The molecule has 0 nitrogen and oxygen atoms in total. The summed E-state index contributed by atoms with van der Waals surface area (Å²) in [6, 6.07) is 0. The Bertz CT molecular complexity index is 117. The standard InChI is InChI=1S/C13H27FS/c1-2-3-4-5-6-7-8-10-13(14)11-9-12-15/h13,15H,2-12H2,1H3. The van der Waals surface area contributed by atoms with Gasteiger partial charge in [0, 0.05) is 0 Å². The Morgan fingerprint density at radius 1 is 0.867 bits per heavy atom. The van der Waals surface area contributed by atoms with Gasteiger partial charge < -0.3 is 0 Å². The maximum Gasteiger partial charge on any atom is 0.100 e. The molecule has 15 heavy (non-hydrogen) atoms. The van der Waals surface area contributed by atoms with E-state index in [2.05, 4.69) is 19.6 Å². The number of thiol groups is 1. The van der Waals surface area contributed by atoms with E-state index in [9.17, 15) is 4.39 Å². The third-order valence-electron chi connectivity index (χ3n) is 2.80. The van der Waals surface area contributed by atoms with Crippen LogP contribution in [-0.2, 0) is 0 Å². The molecule has 0 saturated heterocycles. The molecule has 0 N–H and O–H groups in total. The fraction of sp³-hybridized carbons (Fsp3) is 1.00. The van der Waals surface area contributed by atoms with Crippen LogP contribution in [-0.4, -0.2) is 11.9 Å². The number of hydrogen-bond acceptors (Lipinski definition) is 1. The molecule has 0 aliphatic rings. The van der Waals surface area contributed by atoms with Crippen molar-refractivity contribution in [3.8, 4) is 0 Å². The molecule has 0 heterocycles. The van der Waals surface area contributed by atoms with Gasteiger partial charge in [-0.05, 0) is 25.0 Å². The highest BCUT2D eigenvalue weighted by molar-refractivity contribution is 7.80. The molecular weight excluding hydrogens is 207 g/mol. The number of halogens is 1. The number of alkyl halides is 1. The second kappa shape index (κ2) is 12.4. The first kappa shape index (κ1) is 15.3. The highest BCUT2D eigenvalue weighted by Gasteiger charge is 2.04. The molecule has 0 rings (SSSR count). The topological polar surface area (TPSA) is 0 Å². The highest BCUT2D eigenvalue weighted by atomic mass is 32.1. The summed E-state index contributed by atoms with van der Waals surface area (Å²) in [6.07, 6.45) is 10.7. The number of unbranched alkanes of at least 4 members (excludes halogenated alkanes) is 6. The Balaban J connectivity index is 3.02. The maximum atomic E-state index is 13.2. The average molecular weight is 234 g/mol. The molecule has 92 valence electrons. The molecule has 0 saturated carbocycles. The molecule has 0 radical (unpaired) electrons. The van der Waals surface area contributed by atoms with E-state index >= 15 is 0 Å². The van der Waals surface area contributed by atoms with Crippen LogP contribution in [0.3, 0.4) is 0 Å². The van der Waals surface area contributed by atoms with Gasteiger partial charge in [-0.15, -0.1) is 0 Å². The molecule has 0 bridgehead atoms. The zero-order valence-corrected chi connectivity index (χ0v) is 11.1. The van der Waals surface area contributed by atoms with Crippen molar-refractivity contribution >= 4 is 12.6 Å². The minimum atomic E-state index is -0.576. The fourth-order valence-electron chi connectivity index (χ4n) is 1.78. The number of hydrogen-bond donors (Lipinski definition) is 1. The first-order valence-electron chi connectivity index (χ1n) is 6.56. The van der Waals surface area contributed by atoms with Crippen molar-refractivity contribution in [3.05, 3.63) is 0 Å². The van der Waals surface area contributed by atoms with Gasteiger partial charge in [-0.25, -0.2) is 4.39 Å². The van der Waals surface area contributed by atoms with E-state index in [1.165, 1.54) is 38.5 Å². The van der Waals surface area contributed by atoms with Gasteiger partial charge in [-0.2, -0.15) is 12.6 Å². The largest absolute Gasteiger partial charge is 0.247 e. The zero-order chi connectivity index (χ0) is 11.4. The minimum Gasteiger partial charge on any atom is -0.247 e. The summed E-state index contributed by atoms with van der Waals surface area (Å²) in [5.41, 5.74) is 0. The summed E-state index contributed by atoms with van der Waals surface area (Å²) in [7, 11) is 0. The molecule has 0 aromatic heterocycles. The summed E-state index contributed by atoms with van der Waals surface area (Å²) < 4.78 is 13.2. The molecule has 0 aromatic carbocycles. The van der Waals surface area contributed by atoms with Crippen LogP contribution < -0.4 is 0 Å². The summed E-state index contributed by atoms with van der Waals surface area (Å²) in [4.78, 5) is 0. The lowest BCUT2D eigenvalue weighted by atomic mass is 10.1. The van der Waals surface area contributed by atoms with Gasteiger partial charge in [0.15, 0.2) is 0 Å². The van der Waals surface area contributed by atoms with Crippen LogP contribution in [0.25, 0.3) is 0 Å². The monoisotopic (exact) mass is 234 g/mol. The van der Waals surface area contributed by atoms with Crippen LogP contribution in [0.1, 0.15) is 71.1 Å². The molecule has 0 aliphatic carbocycles. The average Bonchev–Trinajstić information content (AvgIpc) is 2.25. The van der Waals surface area contributed by atoms with Gasteiger partial charge in [-0.1, -0.05) is 51.9 Å². The van der Waals surface area contributed by atoms with Crippen molar-refractivity contribution in [2.75, 3.05) is 5.75 Å². The van der Waals surface area contributed by atoms with Gasteiger partial charge >= 0.3 is 0 Å². The lowest BCUT2D eigenvalue weighted by Crippen LogP contribution is -2.00. The van der Waals surface area contributed by atoms with E-state index in [0.717, 1.165) is 25.0 Å². The van der Waals surface area contributed by atoms with E-state index in [4.69, 9.17) is 0 Å². The summed E-state index contributed by atoms with van der Waals surface area (Å²) in [5, 5.41) is 0. The quantitative estimate of drug-likeness (QED) is 0.370. The Hall–Kier alpha value is 0.280. The Morgan fingerprint density at radius 3 is 2.00 bits per heavy atom. The Morgan fingerprint density at radius 2 is 1.40 bits per heavy atom. The van der Waals surface area contributed by atoms with Crippen molar-refractivity contribution in [1.82, 2.24) is 0 Å². The van der Waals surface area contributed by atoms with Gasteiger partial charge in [0.25, 0.3) is 0 Å². The van der Waals surface area contributed by atoms with Gasteiger partial charge in [0.05, 0.1) is 0 Å². The third-order valence-corrected chi connectivity index (χ3v) is 3.11. The summed E-state index contributed by atoms with van der Waals surface area (Å²) in [6.45, 7) is 2.23. The molecule has 0 aliphatic heterocycles. The van der Waals surface area contributed by atoms with Gasteiger partial charge in [0.1, 0.15) is 6.17 Å². The molecule has 1 unspecified atom stereocenters. The fourth-order valence-corrected chi connectivity index (χ4v) is 1.96. The molecule has 1 atom stereocenters. The SMILES string of the molecule is CCCCCCCCCC(F)CCCS. The number of rotatable bonds is 11. The third kappa shape index (κ3) is 12.2. The van der Waals surface area contributed by atoms with Crippen LogP contribution >= 0.6 is 12.6 Å². The molecule has 0 fully saturated rings. The Kier molecular flexibility index (Phi) is 12.6. The van der Waals surface area contributed by atoms with Crippen molar-refractivity contribution in [1.29, 1.82) is 0 Å². The van der Waals surface area contributed by atoms with E-state index in [1.807, 2.05) is 0 Å². The minimum absolute atomic E-state index is 0.576. The molecule has 0 spiro atoms. The van der Waals surface area contributed by atoms with Crippen LogP contribution in [0.5, 0.6) is 0 Å². The van der Waals surface area contributed by atoms with E-state index < -0.39 is 6.17 Å². The smallest absolute Gasteiger partial charge is 0.100 e. The maximum absolute atomic E-state index is 13.2. The van der Waals surface area contributed by atoms with Crippen LogP contribution in [0.2, 0.25) is 0 Å². The van der Waals surface area contributed by atoms with Crippen LogP contribution in [0.4, 0.5) is 4.39 Å². The van der Waals surface area contributed by atoms with E-state index in [-0.39, 0.29) is 0 Å². The Labute approximate surface area is 100 Å². The van der Waals surface area contributed by atoms with Crippen LogP contribution in [0, 0.1) is 0 Å². The second-order valence-corrected chi connectivity index (χ2v) is 4.82. The molecular formula is C13H27FS. The lowest BCUT2D eigenvalue weighted by molar-refractivity contribution is 0.286. The first-order valence-corrected chi connectivity index (χ1v) is 7.19. The lowest BCUT2D eigenvalue weighted by Gasteiger charge is -2.06. The molecule has 0 aromatic rings. The second-order valence-electron chi connectivity index (χ2n) is 4.37.